The average Bonchev–Trinajstić information content (AvgIpc) is 2.84. The Balaban J connectivity index is 1.82. The third-order valence-electron chi connectivity index (χ3n) is 3.88. The van der Waals surface area contributed by atoms with Crippen LogP contribution in [0.4, 0.5) is 5.69 Å². The van der Waals surface area contributed by atoms with E-state index in [1.54, 1.807) is 24.3 Å². The number of likely N-dealkylation sites (tertiary alicyclic amines) is 1. The van der Waals surface area contributed by atoms with Crippen molar-refractivity contribution in [3.63, 3.8) is 0 Å². The third-order valence-corrected chi connectivity index (χ3v) is 3.88. The molecular weight excluding hydrogens is 264 g/mol. The number of anilines is 1. The van der Waals surface area contributed by atoms with E-state index in [1.807, 2.05) is 7.05 Å². The van der Waals surface area contributed by atoms with Gasteiger partial charge in [0.2, 0.25) is 5.91 Å². The molecule has 0 bridgehead atoms. The van der Waals surface area contributed by atoms with Gasteiger partial charge in [-0.2, -0.15) is 5.26 Å². The van der Waals surface area contributed by atoms with Gasteiger partial charge in [-0.05, 0) is 51.7 Å². The Morgan fingerprint density at radius 3 is 3.05 bits per heavy atom. The van der Waals surface area contributed by atoms with Gasteiger partial charge in [-0.25, -0.2) is 0 Å². The molecule has 1 heterocycles. The lowest BCUT2D eigenvalue weighted by Crippen LogP contribution is -2.40. The maximum absolute atomic E-state index is 12.0. The highest BCUT2D eigenvalue weighted by molar-refractivity contribution is 5.92. The summed E-state index contributed by atoms with van der Waals surface area (Å²) in [7, 11) is 4.11. The highest BCUT2D eigenvalue weighted by Crippen LogP contribution is 2.15. The first-order chi connectivity index (χ1) is 10.1. The minimum Gasteiger partial charge on any atom is -0.325 e. The average molecular weight is 286 g/mol. The number of hydrogen-bond donors (Lipinski definition) is 1. The topological polar surface area (TPSA) is 59.4 Å². The highest BCUT2D eigenvalue weighted by atomic mass is 16.2. The van der Waals surface area contributed by atoms with Crippen LogP contribution in [0.2, 0.25) is 0 Å². The second-order valence-corrected chi connectivity index (χ2v) is 5.71. The second kappa shape index (κ2) is 7.21. The lowest BCUT2D eigenvalue weighted by Gasteiger charge is -2.25. The number of benzene rings is 1. The number of amides is 1. The van der Waals surface area contributed by atoms with Crippen LogP contribution < -0.4 is 5.32 Å². The Morgan fingerprint density at radius 1 is 1.57 bits per heavy atom. The van der Waals surface area contributed by atoms with Gasteiger partial charge < -0.3 is 10.2 Å². The van der Waals surface area contributed by atoms with E-state index < -0.39 is 0 Å². The number of nitriles is 1. The lowest BCUT2D eigenvalue weighted by molar-refractivity contribution is -0.117. The normalized spacial score (nSPS) is 18.7. The van der Waals surface area contributed by atoms with Crippen LogP contribution in [0.25, 0.3) is 0 Å². The summed E-state index contributed by atoms with van der Waals surface area (Å²) in [5.74, 6) is -0.0479. The van der Waals surface area contributed by atoms with Crippen LogP contribution in [0, 0.1) is 11.3 Å². The number of nitrogens with zero attached hydrogens (tertiary/aromatic N) is 3. The minimum atomic E-state index is -0.0479. The van der Waals surface area contributed by atoms with Crippen molar-refractivity contribution < 1.29 is 4.79 Å². The molecule has 0 spiro atoms. The molecule has 0 aromatic heterocycles. The van der Waals surface area contributed by atoms with Crippen molar-refractivity contribution in [2.24, 2.45) is 0 Å². The zero-order valence-corrected chi connectivity index (χ0v) is 12.7. The van der Waals surface area contributed by atoms with Gasteiger partial charge in [0.05, 0.1) is 18.2 Å². The van der Waals surface area contributed by atoms with Crippen molar-refractivity contribution in [3.05, 3.63) is 29.8 Å². The molecule has 1 saturated heterocycles. The number of carbonyl (C=O) groups is 1. The lowest BCUT2D eigenvalue weighted by atomic mass is 10.2. The predicted molar refractivity (Wildman–Crippen MR) is 82.9 cm³/mol. The van der Waals surface area contributed by atoms with Gasteiger partial charge in [-0.1, -0.05) is 6.07 Å². The summed E-state index contributed by atoms with van der Waals surface area (Å²) in [6.07, 6.45) is 2.44. The maximum atomic E-state index is 12.0. The number of carbonyl (C=O) groups excluding carboxylic acids is 1. The van der Waals surface area contributed by atoms with Crippen molar-refractivity contribution in [2.75, 3.05) is 39.0 Å². The van der Waals surface area contributed by atoms with Gasteiger partial charge in [-0.15, -0.1) is 0 Å². The van der Waals surface area contributed by atoms with Crippen LogP contribution in [-0.4, -0.2) is 55.5 Å². The van der Waals surface area contributed by atoms with Crippen molar-refractivity contribution in [2.45, 2.75) is 18.9 Å². The molecule has 5 heteroatoms. The molecule has 0 radical (unpaired) electrons. The van der Waals surface area contributed by atoms with E-state index in [9.17, 15) is 4.79 Å². The first kappa shape index (κ1) is 15.5. The molecule has 0 aliphatic carbocycles. The van der Waals surface area contributed by atoms with Gasteiger partial charge in [-0.3, -0.25) is 9.69 Å². The Labute approximate surface area is 126 Å². The standard InChI is InChI=1S/C16H22N4O/c1-19(11-15-7-4-8-20(15)2)12-16(21)18-14-6-3-5-13(9-14)10-17/h3,5-6,9,15H,4,7-8,11-12H2,1-2H3,(H,18,21). The zero-order valence-electron chi connectivity index (χ0n) is 12.7. The molecule has 1 atom stereocenters. The van der Waals surface area contributed by atoms with Gasteiger partial charge in [0.1, 0.15) is 0 Å². The molecule has 0 saturated carbocycles. The van der Waals surface area contributed by atoms with Gasteiger partial charge in [0.15, 0.2) is 0 Å². The summed E-state index contributed by atoms with van der Waals surface area (Å²) in [5, 5.41) is 11.7. The molecule has 5 nitrogen and oxygen atoms in total. The summed E-state index contributed by atoms with van der Waals surface area (Å²) in [4.78, 5) is 16.4. The molecule has 1 fully saturated rings. The monoisotopic (exact) mass is 286 g/mol. The molecular formula is C16H22N4O. The quantitative estimate of drug-likeness (QED) is 0.891. The van der Waals surface area contributed by atoms with Crippen molar-refractivity contribution >= 4 is 11.6 Å². The van der Waals surface area contributed by atoms with Crippen molar-refractivity contribution in [1.29, 1.82) is 5.26 Å². The van der Waals surface area contributed by atoms with Gasteiger partial charge in [0.25, 0.3) is 0 Å². The molecule has 1 unspecified atom stereocenters. The largest absolute Gasteiger partial charge is 0.325 e. The summed E-state index contributed by atoms with van der Waals surface area (Å²) in [6, 6.07) is 9.58. The fraction of sp³-hybridized carbons (Fsp3) is 0.500. The number of hydrogen-bond acceptors (Lipinski definition) is 4. The van der Waals surface area contributed by atoms with E-state index in [1.165, 1.54) is 12.8 Å². The Morgan fingerprint density at radius 2 is 2.38 bits per heavy atom. The fourth-order valence-corrected chi connectivity index (χ4v) is 2.75. The second-order valence-electron chi connectivity index (χ2n) is 5.71. The van der Waals surface area contributed by atoms with Crippen molar-refractivity contribution in [1.82, 2.24) is 9.80 Å². The van der Waals surface area contributed by atoms with Crippen LogP contribution in [0.3, 0.4) is 0 Å². The minimum absolute atomic E-state index is 0.0479. The number of nitrogens with one attached hydrogen (secondary N) is 1. The summed E-state index contributed by atoms with van der Waals surface area (Å²) in [5.41, 5.74) is 1.22. The van der Waals surface area contributed by atoms with E-state index in [4.69, 9.17) is 5.26 Å². The number of likely N-dealkylation sites (N-methyl/N-ethyl adjacent to an activating group) is 2. The van der Waals surface area contributed by atoms with Crippen LogP contribution in [-0.2, 0) is 4.79 Å². The smallest absolute Gasteiger partial charge is 0.238 e. The fourth-order valence-electron chi connectivity index (χ4n) is 2.75. The van der Waals surface area contributed by atoms with E-state index in [0.717, 1.165) is 13.1 Å². The van der Waals surface area contributed by atoms with E-state index in [0.29, 0.717) is 23.8 Å². The van der Waals surface area contributed by atoms with E-state index in [-0.39, 0.29) is 5.91 Å². The van der Waals surface area contributed by atoms with Crippen LogP contribution in [0.5, 0.6) is 0 Å². The molecule has 1 aliphatic heterocycles. The Hall–Kier alpha value is -1.90. The number of rotatable bonds is 5. The van der Waals surface area contributed by atoms with Crippen LogP contribution in [0.1, 0.15) is 18.4 Å². The SMILES string of the molecule is CN(CC(=O)Nc1cccc(C#N)c1)CC1CCCN1C. The predicted octanol–water partition coefficient (Wildman–Crippen LogP) is 1.52. The zero-order chi connectivity index (χ0) is 15.2. The van der Waals surface area contributed by atoms with Crippen LogP contribution in [0.15, 0.2) is 24.3 Å². The third kappa shape index (κ3) is 4.55. The molecule has 1 amide bonds. The summed E-state index contributed by atoms with van der Waals surface area (Å²) in [6.45, 7) is 2.41. The summed E-state index contributed by atoms with van der Waals surface area (Å²) < 4.78 is 0. The highest BCUT2D eigenvalue weighted by Gasteiger charge is 2.22. The first-order valence-electron chi connectivity index (χ1n) is 7.27. The van der Waals surface area contributed by atoms with Crippen molar-refractivity contribution in [3.8, 4) is 6.07 Å². The molecule has 2 rings (SSSR count). The Kier molecular flexibility index (Phi) is 5.32. The van der Waals surface area contributed by atoms with E-state index >= 15 is 0 Å². The molecule has 1 aromatic carbocycles. The Bertz CT molecular complexity index is 537. The maximum Gasteiger partial charge on any atom is 0.238 e. The molecule has 21 heavy (non-hydrogen) atoms. The first-order valence-corrected chi connectivity index (χ1v) is 7.27. The molecule has 112 valence electrons. The van der Waals surface area contributed by atoms with E-state index in [2.05, 4.69) is 28.2 Å². The van der Waals surface area contributed by atoms with Gasteiger partial charge in [0, 0.05) is 18.3 Å². The van der Waals surface area contributed by atoms with Crippen LogP contribution >= 0.6 is 0 Å². The van der Waals surface area contributed by atoms with Gasteiger partial charge >= 0.3 is 0 Å². The molecule has 1 aliphatic rings. The summed E-state index contributed by atoms with van der Waals surface area (Å²) >= 11 is 0. The molecule has 1 N–H and O–H groups in total. The molecule has 1 aromatic rings.